The van der Waals surface area contributed by atoms with Crippen LogP contribution in [0.25, 0.3) is 0 Å². The Morgan fingerprint density at radius 1 is 1.28 bits per heavy atom. The van der Waals surface area contributed by atoms with Crippen molar-refractivity contribution in [1.82, 2.24) is 0 Å². The summed E-state index contributed by atoms with van der Waals surface area (Å²) in [4.78, 5) is 1.46. The zero-order valence-electron chi connectivity index (χ0n) is 11.5. The molecule has 1 aromatic carbocycles. The molecule has 0 spiro atoms. The van der Waals surface area contributed by atoms with E-state index in [9.17, 15) is 0 Å². The van der Waals surface area contributed by atoms with Gasteiger partial charge in [0.05, 0.1) is 0 Å². The molecule has 0 atom stereocenters. The van der Waals surface area contributed by atoms with Gasteiger partial charge in [-0.2, -0.15) is 0 Å². The second-order valence-electron chi connectivity index (χ2n) is 5.23. The number of thioether (sulfide) groups is 1. The van der Waals surface area contributed by atoms with Crippen molar-refractivity contribution in [2.45, 2.75) is 56.3 Å². The van der Waals surface area contributed by atoms with Crippen molar-refractivity contribution in [3.8, 4) is 12.3 Å². The van der Waals surface area contributed by atoms with Gasteiger partial charge >= 0.3 is 0 Å². The molecule has 0 N–H and O–H groups in total. The molecule has 1 heteroatoms. The molecule has 1 heterocycles. The van der Waals surface area contributed by atoms with E-state index in [0.29, 0.717) is 5.41 Å². The molecule has 1 aromatic rings. The highest BCUT2D eigenvalue weighted by Crippen LogP contribution is 2.47. The molecule has 0 saturated heterocycles. The molecule has 2 rings (SSSR count). The van der Waals surface area contributed by atoms with E-state index in [2.05, 4.69) is 38.0 Å². The molecule has 0 fully saturated rings. The minimum Gasteiger partial charge on any atom is -0.126 e. The van der Waals surface area contributed by atoms with Crippen molar-refractivity contribution in [3.05, 3.63) is 29.3 Å². The Hall–Kier alpha value is -0.870. The predicted octanol–water partition coefficient (Wildman–Crippen LogP) is 5.00. The standard InChI is InChI=1S/C17H22S/c1-4-9-17(10-5-2)11-12-18-16-8-7-14(6-3)13-15(16)17/h3,7-8,13H,4-5,9-12H2,1-2H3. The van der Waals surface area contributed by atoms with Crippen LogP contribution in [0.5, 0.6) is 0 Å². The fourth-order valence-electron chi connectivity index (χ4n) is 3.25. The van der Waals surface area contributed by atoms with Gasteiger partial charge in [0.1, 0.15) is 0 Å². The van der Waals surface area contributed by atoms with E-state index in [1.54, 1.807) is 0 Å². The van der Waals surface area contributed by atoms with E-state index in [4.69, 9.17) is 6.42 Å². The van der Waals surface area contributed by atoms with Crippen molar-refractivity contribution in [3.63, 3.8) is 0 Å². The van der Waals surface area contributed by atoms with Crippen LogP contribution >= 0.6 is 11.8 Å². The first-order valence-corrected chi connectivity index (χ1v) is 7.98. The summed E-state index contributed by atoms with van der Waals surface area (Å²) >= 11 is 1.99. The molecule has 0 saturated carbocycles. The van der Waals surface area contributed by atoms with Crippen molar-refractivity contribution in [2.24, 2.45) is 0 Å². The van der Waals surface area contributed by atoms with Crippen molar-refractivity contribution >= 4 is 11.8 Å². The lowest BCUT2D eigenvalue weighted by molar-refractivity contribution is 0.336. The third-order valence-electron chi connectivity index (χ3n) is 4.01. The number of hydrogen-bond acceptors (Lipinski definition) is 1. The molecule has 0 aliphatic carbocycles. The zero-order valence-corrected chi connectivity index (χ0v) is 12.3. The van der Waals surface area contributed by atoms with Crippen LogP contribution in [0.2, 0.25) is 0 Å². The Balaban J connectivity index is 2.49. The average Bonchev–Trinajstić information content (AvgIpc) is 2.39. The molecule has 1 aliphatic rings. The van der Waals surface area contributed by atoms with Crippen LogP contribution in [0.3, 0.4) is 0 Å². The summed E-state index contributed by atoms with van der Waals surface area (Å²) < 4.78 is 0. The summed E-state index contributed by atoms with van der Waals surface area (Å²) in [7, 11) is 0. The van der Waals surface area contributed by atoms with E-state index >= 15 is 0 Å². The summed E-state index contributed by atoms with van der Waals surface area (Å²) in [6.45, 7) is 4.59. The van der Waals surface area contributed by atoms with Gasteiger partial charge in [0.25, 0.3) is 0 Å². The summed E-state index contributed by atoms with van der Waals surface area (Å²) in [5.74, 6) is 4.04. The number of benzene rings is 1. The van der Waals surface area contributed by atoms with Crippen molar-refractivity contribution < 1.29 is 0 Å². The largest absolute Gasteiger partial charge is 0.126 e. The molecule has 18 heavy (non-hydrogen) atoms. The second kappa shape index (κ2) is 5.85. The molecule has 0 unspecified atom stereocenters. The van der Waals surface area contributed by atoms with Crippen LogP contribution < -0.4 is 0 Å². The first-order valence-electron chi connectivity index (χ1n) is 6.99. The van der Waals surface area contributed by atoms with Crippen LogP contribution in [0.4, 0.5) is 0 Å². The average molecular weight is 258 g/mol. The smallest absolute Gasteiger partial charge is 0.0246 e. The van der Waals surface area contributed by atoms with Crippen LogP contribution in [0.1, 0.15) is 57.1 Å². The highest BCUT2D eigenvalue weighted by molar-refractivity contribution is 7.99. The highest BCUT2D eigenvalue weighted by Gasteiger charge is 2.35. The SMILES string of the molecule is C#Cc1ccc2c(c1)C(CCC)(CCC)CCS2. The van der Waals surface area contributed by atoms with Crippen LogP contribution in [-0.2, 0) is 5.41 Å². The van der Waals surface area contributed by atoms with Gasteiger partial charge in [-0.3, -0.25) is 0 Å². The van der Waals surface area contributed by atoms with Crippen LogP contribution in [0, 0.1) is 12.3 Å². The first kappa shape index (κ1) is 13.6. The Morgan fingerprint density at radius 2 is 2.00 bits per heavy atom. The molecule has 0 amide bonds. The van der Waals surface area contributed by atoms with Gasteiger partial charge in [-0.1, -0.05) is 32.6 Å². The summed E-state index contributed by atoms with van der Waals surface area (Å²) in [5.41, 5.74) is 2.95. The third kappa shape index (κ3) is 2.45. The van der Waals surface area contributed by atoms with Gasteiger partial charge in [0, 0.05) is 10.5 Å². The monoisotopic (exact) mass is 258 g/mol. The lowest BCUT2D eigenvalue weighted by atomic mass is 9.71. The van der Waals surface area contributed by atoms with Gasteiger partial charge < -0.3 is 0 Å². The van der Waals surface area contributed by atoms with Crippen LogP contribution in [-0.4, -0.2) is 5.75 Å². The van der Waals surface area contributed by atoms with E-state index in [-0.39, 0.29) is 0 Å². The number of hydrogen-bond donors (Lipinski definition) is 0. The second-order valence-corrected chi connectivity index (χ2v) is 6.37. The highest BCUT2D eigenvalue weighted by atomic mass is 32.2. The topological polar surface area (TPSA) is 0 Å². The predicted molar refractivity (Wildman–Crippen MR) is 81.2 cm³/mol. The fourth-order valence-corrected chi connectivity index (χ4v) is 4.56. The van der Waals surface area contributed by atoms with Gasteiger partial charge in [-0.15, -0.1) is 18.2 Å². The molecule has 0 bridgehead atoms. The molecule has 96 valence electrons. The maximum absolute atomic E-state index is 5.56. The molecule has 1 aliphatic heterocycles. The van der Waals surface area contributed by atoms with Gasteiger partial charge in [0.2, 0.25) is 0 Å². The molecule has 0 radical (unpaired) electrons. The van der Waals surface area contributed by atoms with Gasteiger partial charge in [-0.25, -0.2) is 0 Å². The maximum atomic E-state index is 5.56. The third-order valence-corrected chi connectivity index (χ3v) is 5.09. The fraction of sp³-hybridized carbons (Fsp3) is 0.529. The Labute approximate surface area is 116 Å². The maximum Gasteiger partial charge on any atom is 0.0246 e. The van der Waals surface area contributed by atoms with E-state index in [1.807, 2.05) is 11.8 Å². The summed E-state index contributed by atoms with van der Waals surface area (Å²) in [6, 6.07) is 6.58. The minimum atomic E-state index is 0.386. The van der Waals surface area contributed by atoms with Crippen molar-refractivity contribution in [1.29, 1.82) is 0 Å². The zero-order chi connectivity index (χ0) is 13.0. The molecular weight excluding hydrogens is 236 g/mol. The lowest BCUT2D eigenvalue weighted by Gasteiger charge is -2.39. The van der Waals surface area contributed by atoms with Crippen LogP contribution in [0.15, 0.2) is 23.1 Å². The Kier molecular flexibility index (Phi) is 4.40. The van der Waals surface area contributed by atoms with E-state index < -0.39 is 0 Å². The number of rotatable bonds is 4. The molecule has 0 aromatic heterocycles. The van der Waals surface area contributed by atoms with Gasteiger partial charge in [-0.05, 0) is 54.2 Å². The molecular formula is C17H22S. The number of terminal acetylenes is 1. The summed E-state index contributed by atoms with van der Waals surface area (Å²) in [6.07, 6.45) is 12.0. The lowest BCUT2D eigenvalue weighted by Crippen LogP contribution is -2.30. The number of fused-ring (bicyclic) bond motifs is 1. The first-order chi connectivity index (χ1) is 8.75. The minimum absolute atomic E-state index is 0.386. The van der Waals surface area contributed by atoms with E-state index in [1.165, 1.54) is 48.3 Å². The normalized spacial score (nSPS) is 16.9. The van der Waals surface area contributed by atoms with Crippen molar-refractivity contribution in [2.75, 3.05) is 5.75 Å². The van der Waals surface area contributed by atoms with E-state index in [0.717, 1.165) is 5.56 Å². The Bertz CT molecular complexity index is 447. The summed E-state index contributed by atoms with van der Waals surface area (Å²) in [5, 5.41) is 0. The quantitative estimate of drug-likeness (QED) is 0.685. The molecule has 0 nitrogen and oxygen atoms in total. The Morgan fingerprint density at radius 3 is 2.61 bits per heavy atom. The van der Waals surface area contributed by atoms with Gasteiger partial charge in [0.15, 0.2) is 0 Å².